The summed E-state index contributed by atoms with van der Waals surface area (Å²) < 4.78 is 53.5. The van der Waals surface area contributed by atoms with Crippen molar-refractivity contribution in [2.45, 2.75) is 38.1 Å². The summed E-state index contributed by atoms with van der Waals surface area (Å²) in [5.41, 5.74) is 0.000807. The molecule has 0 spiro atoms. The molecule has 3 amide bonds. The Morgan fingerprint density at radius 2 is 1.78 bits per heavy atom. The number of benzene rings is 1. The van der Waals surface area contributed by atoms with Crippen LogP contribution in [0.2, 0.25) is 0 Å². The van der Waals surface area contributed by atoms with Crippen LogP contribution in [0.1, 0.15) is 25.7 Å². The van der Waals surface area contributed by atoms with E-state index in [1.165, 1.54) is 0 Å². The van der Waals surface area contributed by atoms with E-state index in [0.717, 1.165) is 31.0 Å². The van der Waals surface area contributed by atoms with E-state index in [4.69, 9.17) is 0 Å². The number of nitrogens with one attached hydrogen (secondary N) is 2. The zero-order chi connectivity index (χ0) is 19.6. The third-order valence-corrected chi connectivity index (χ3v) is 4.48. The fourth-order valence-electron chi connectivity index (χ4n) is 2.97. The number of hydrogen-bond acceptors (Lipinski definition) is 3. The normalized spacial score (nSPS) is 18.1. The van der Waals surface area contributed by atoms with Crippen LogP contribution in [0.4, 0.5) is 28.0 Å². The number of halogens is 4. The van der Waals surface area contributed by atoms with Crippen molar-refractivity contribution in [1.82, 2.24) is 10.2 Å². The Morgan fingerprint density at radius 1 is 1.11 bits per heavy atom. The van der Waals surface area contributed by atoms with Gasteiger partial charge in [0.2, 0.25) is 5.91 Å². The number of piperidine rings is 1. The quantitative estimate of drug-likeness (QED) is 0.777. The van der Waals surface area contributed by atoms with Crippen LogP contribution in [0.5, 0.6) is 5.75 Å². The fourth-order valence-corrected chi connectivity index (χ4v) is 2.97. The first-order valence-corrected chi connectivity index (χ1v) is 8.63. The van der Waals surface area contributed by atoms with Gasteiger partial charge in [-0.2, -0.15) is 0 Å². The van der Waals surface area contributed by atoms with E-state index in [1.54, 1.807) is 0 Å². The molecule has 2 fully saturated rings. The molecule has 10 heteroatoms. The van der Waals surface area contributed by atoms with Gasteiger partial charge in [0, 0.05) is 36.8 Å². The molecule has 1 saturated carbocycles. The topological polar surface area (TPSA) is 70.7 Å². The zero-order valence-electron chi connectivity index (χ0n) is 14.3. The summed E-state index contributed by atoms with van der Waals surface area (Å²) in [7, 11) is 0. The van der Waals surface area contributed by atoms with E-state index in [2.05, 4.69) is 15.4 Å². The molecular formula is C17H19F4N3O3. The standard InChI is InChI=1S/C17H19F4N3O3/c18-13-9-12(3-4-14(13)27-17(19,20)21)23-16(26)22-11-5-7-24(8-6-11)15(25)10-1-2-10/h3-4,9-11H,1-2,5-8H2,(H2,22,23,26). The van der Waals surface area contributed by atoms with Crippen molar-refractivity contribution in [2.24, 2.45) is 5.92 Å². The van der Waals surface area contributed by atoms with Gasteiger partial charge in [0.25, 0.3) is 0 Å². The Balaban J connectivity index is 1.47. The lowest BCUT2D eigenvalue weighted by atomic mass is 10.0. The van der Waals surface area contributed by atoms with Gasteiger partial charge >= 0.3 is 12.4 Å². The molecule has 0 bridgehead atoms. The molecule has 0 aromatic heterocycles. The minimum absolute atomic E-state index is 0.000807. The Kier molecular flexibility index (Phi) is 5.43. The van der Waals surface area contributed by atoms with Crippen LogP contribution >= 0.6 is 0 Å². The number of amides is 3. The molecule has 27 heavy (non-hydrogen) atoms. The molecule has 0 radical (unpaired) electrons. The number of urea groups is 1. The van der Waals surface area contributed by atoms with Gasteiger partial charge in [0.05, 0.1) is 0 Å². The van der Waals surface area contributed by atoms with Crippen molar-refractivity contribution in [3.8, 4) is 5.75 Å². The Bertz CT molecular complexity index is 714. The number of alkyl halides is 3. The van der Waals surface area contributed by atoms with Crippen LogP contribution in [0, 0.1) is 11.7 Å². The molecular weight excluding hydrogens is 370 g/mol. The summed E-state index contributed by atoms with van der Waals surface area (Å²) in [6, 6.07) is 1.93. The van der Waals surface area contributed by atoms with Crippen LogP contribution in [-0.2, 0) is 4.79 Å². The van der Waals surface area contributed by atoms with Crippen molar-refractivity contribution in [1.29, 1.82) is 0 Å². The molecule has 0 atom stereocenters. The summed E-state index contributed by atoms with van der Waals surface area (Å²) in [5, 5.41) is 5.10. The van der Waals surface area contributed by atoms with E-state index in [1.807, 2.05) is 4.90 Å². The maximum Gasteiger partial charge on any atom is 0.573 e. The highest BCUT2D eigenvalue weighted by Gasteiger charge is 2.35. The number of ether oxygens (including phenoxy) is 1. The summed E-state index contributed by atoms with van der Waals surface area (Å²) in [5.74, 6) is -1.87. The molecule has 148 valence electrons. The smallest absolute Gasteiger partial charge is 0.403 e. The molecule has 3 rings (SSSR count). The first-order valence-electron chi connectivity index (χ1n) is 8.63. The van der Waals surface area contributed by atoms with E-state index >= 15 is 0 Å². The highest BCUT2D eigenvalue weighted by Crippen LogP contribution is 2.32. The molecule has 1 aliphatic heterocycles. The molecule has 1 aromatic rings. The molecule has 1 saturated heterocycles. The Labute approximate surface area is 152 Å². The van der Waals surface area contributed by atoms with Crippen molar-refractivity contribution < 1.29 is 31.9 Å². The number of anilines is 1. The average Bonchev–Trinajstić information content (AvgIpc) is 3.41. The lowest BCUT2D eigenvalue weighted by Gasteiger charge is -2.32. The largest absolute Gasteiger partial charge is 0.573 e. The van der Waals surface area contributed by atoms with Gasteiger partial charge in [-0.1, -0.05) is 0 Å². The van der Waals surface area contributed by atoms with Crippen molar-refractivity contribution in [2.75, 3.05) is 18.4 Å². The number of likely N-dealkylation sites (tertiary alicyclic amines) is 1. The second kappa shape index (κ2) is 7.61. The summed E-state index contributed by atoms with van der Waals surface area (Å²) in [4.78, 5) is 25.8. The molecule has 1 aromatic carbocycles. The van der Waals surface area contributed by atoms with Gasteiger partial charge in [-0.3, -0.25) is 4.79 Å². The number of nitrogens with zero attached hydrogens (tertiary/aromatic N) is 1. The minimum atomic E-state index is -5.00. The lowest BCUT2D eigenvalue weighted by molar-refractivity contribution is -0.275. The molecule has 6 nitrogen and oxygen atoms in total. The average molecular weight is 389 g/mol. The molecule has 1 heterocycles. The maximum atomic E-state index is 13.6. The first-order chi connectivity index (χ1) is 12.7. The molecule has 2 aliphatic rings. The van der Waals surface area contributed by atoms with Gasteiger partial charge in [-0.05, 0) is 37.8 Å². The van der Waals surface area contributed by atoms with Crippen molar-refractivity contribution >= 4 is 17.6 Å². The highest BCUT2D eigenvalue weighted by molar-refractivity contribution is 5.89. The monoisotopic (exact) mass is 389 g/mol. The summed E-state index contributed by atoms with van der Waals surface area (Å²) in [6.07, 6.45) is -1.88. The van der Waals surface area contributed by atoms with Crippen molar-refractivity contribution in [3.63, 3.8) is 0 Å². The summed E-state index contributed by atoms with van der Waals surface area (Å²) >= 11 is 0. The molecule has 1 aliphatic carbocycles. The van der Waals surface area contributed by atoms with Gasteiger partial charge < -0.3 is 20.3 Å². The predicted molar refractivity (Wildman–Crippen MR) is 87.6 cm³/mol. The number of rotatable bonds is 4. The molecule has 2 N–H and O–H groups in total. The SMILES string of the molecule is O=C(Nc1ccc(OC(F)(F)F)c(F)c1)NC1CCN(C(=O)C2CC2)CC1. The second-order valence-electron chi connectivity index (χ2n) is 6.67. The van der Waals surface area contributed by atoms with Crippen molar-refractivity contribution in [3.05, 3.63) is 24.0 Å². The number of carbonyl (C=O) groups is 2. The first kappa shape index (κ1) is 19.2. The summed E-state index contributed by atoms with van der Waals surface area (Å²) in [6.45, 7) is 1.14. The van der Waals surface area contributed by atoms with Crippen LogP contribution in [0.25, 0.3) is 0 Å². The van der Waals surface area contributed by atoms with E-state index in [-0.39, 0.29) is 23.6 Å². The number of carbonyl (C=O) groups excluding carboxylic acids is 2. The van der Waals surface area contributed by atoms with Gasteiger partial charge in [-0.15, -0.1) is 13.2 Å². The van der Waals surface area contributed by atoms with Crippen LogP contribution in [0.3, 0.4) is 0 Å². The molecule has 0 unspecified atom stereocenters. The Morgan fingerprint density at radius 3 is 2.33 bits per heavy atom. The van der Waals surface area contributed by atoms with Crippen LogP contribution in [-0.4, -0.2) is 42.3 Å². The zero-order valence-corrected chi connectivity index (χ0v) is 14.3. The van der Waals surface area contributed by atoms with Crippen LogP contribution in [0.15, 0.2) is 18.2 Å². The third-order valence-electron chi connectivity index (χ3n) is 4.48. The van der Waals surface area contributed by atoms with E-state index in [0.29, 0.717) is 25.9 Å². The van der Waals surface area contributed by atoms with Gasteiger partial charge in [-0.25, -0.2) is 9.18 Å². The predicted octanol–water partition coefficient (Wildman–Crippen LogP) is 3.25. The number of hydrogen-bond donors (Lipinski definition) is 2. The second-order valence-corrected chi connectivity index (χ2v) is 6.67. The van der Waals surface area contributed by atoms with E-state index < -0.39 is 24.0 Å². The van der Waals surface area contributed by atoms with Gasteiger partial charge in [0.1, 0.15) is 0 Å². The lowest BCUT2D eigenvalue weighted by Crippen LogP contribution is -2.47. The maximum absolute atomic E-state index is 13.6. The van der Waals surface area contributed by atoms with Gasteiger partial charge in [0.15, 0.2) is 11.6 Å². The van der Waals surface area contributed by atoms with E-state index in [9.17, 15) is 27.2 Å². The minimum Gasteiger partial charge on any atom is -0.403 e. The third kappa shape index (κ3) is 5.48. The highest BCUT2D eigenvalue weighted by atomic mass is 19.4. The fraction of sp³-hybridized carbons (Fsp3) is 0.529. The Hall–Kier alpha value is -2.52. The van der Waals surface area contributed by atoms with Crippen LogP contribution < -0.4 is 15.4 Å².